The van der Waals surface area contributed by atoms with Crippen molar-refractivity contribution >= 4 is 33.6 Å². The summed E-state index contributed by atoms with van der Waals surface area (Å²) in [7, 11) is 0. The first-order valence-electron chi connectivity index (χ1n) is 6.97. The van der Waals surface area contributed by atoms with Crippen LogP contribution in [0, 0.1) is 5.41 Å². The molecule has 4 rings (SSSR count). The molecule has 20 heavy (non-hydrogen) atoms. The molecule has 0 fully saturated rings. The van der Waals surface area contributed by atoms with Gasteiger partial charge in [-0.05, 0) is 29.4 Å². The van der Waals surface area contributed by atoms with Gasteiger partial charge in [0.05, 0.1) is 0 Å². The summed E-state index contributed by atoms with van der Waals surface area (Å²) < 4.78 is 2.75. The second-order valence-corrected chi connectivity index (χ2v) is 7.00. The van der Waals surface area contributed by atoms with Crippen LogP contribution in [0.25, 0.3) is 22.2 Å². The first-order valence-corrected chi connectivity index (χ1v) is 7.78. The number of hydrogen-bond donors (Lipinski definition) is 0. The summed E-state index contributed by atoms with van der Waals surface area (Å²) in [6.45, 7) is 4.62. The fraction of sp³-hybridized carbons (Fsp3) is 0.158. The molecule has 1 heterocycles. The molecule has 2 aromatic rings. The van der Waals surface area contributed by atoms with Gasteiger partial charge in [0.1, 0.15) is 0 Å². The van der Waals surface area contributed by atoms with Gasteiger partial charge >= 0.3 is 0 Å². The van der Waals surface area contributed by atoms with Gasteiger partial charge in [-0.25, -0.2) is 0 Å². The van der Waals surface area contributed by atoms with Crippen LogP contribution in [0.1, 0.15) is 13.8 Å². The molecule has 0 nitrogen and oxygen atoms in total. The maximum Gasteiger partial charge on any atom is 0.0358 e. The van der Waals surface area contributed by atoms with E-state index in [0.717, 1.165) is 0 Å². The van der Waals surface area contributed by atoms with E-state index in [1.54, 1.807) is 0 Å². The summed E-state index contributed by atoms with van der Waals surface area (Å²) >= 11 is 1.89. The number of allylic oxidation sites excluding steroid dienone is 6. The van der Waals surface area contributed by atoms with Crippen molar-refractivity contribution in [2.75, 3.05) is 0 Å². The van der Waals surface area contributed by atoms with Crippen molar-refractivity contribution in [3.63, 3.8) is 0 Å². The third-order valence-electron chi connectivity index (χ3n) is 4.36. The number of hydrogen-bond acceptors (Lipinski definition) is 1. The topological polar surface area (TPSA) is 0 Å². The minimum absolute atomic E-state index is 0.0728. The molecule has 0 radical (unpaired) electrons. The van der Waals surface area contributed by atoms with Gasteiger partial charge in [0.2, 0.25) is 0 Å². The Hall–Kier alpha value is -1.86. The smallest absolute Gasteiger partial charge is 0.0358 e. The van der Waals surface area contributed by atoms with Crippen LogP contribution in [0.2, 0.25) is 0 Å². The first kappa shape index (κ1) is 11.9. The SMILES string of the molecule is CC1(C)C2=CC=CC=C1C=c1c(sc3ccccc13)=C2. The summed E-state index contributed by atoms with van der Waals surface area (Å²) in [6, 6.07) is 8.70. The number of benzene rings is 1. The Kier molecular flexibility index (Phi) is 2.42. The van der Waals surface area contributed by atoms with Crippen molar-refractivity contribution in [3.05, 3.63) is 69.5 Å². The number of rotatable bonds is 0. The Bertz CT molecular complexity index is 914. The summed E-state index contributed by atoms with van der Waals surface area (Å²) in [4.78, 5) is 0. The minimum atomic E-state index is 0.0728. The van der Waals surface area contributed by atoms with Crippen LogP contribution in [0.15, 0.2) is 59.7 Å². The van der Waals surface area contributed by atoms with E-state index in [1.807, 2.05) is 11.3 Å². The van der Waals surface area contributed by atoms with Crippen molar-refractivity contribution in [2.45, 2.75) is 13.8 Å². The fourth-order valence-electron chi connectivity index (χ4n) is 3.00. The maximum absolute atomic E-state index is 2.38. The van der Waals surface area contributed by atoms with Crippen molar-refractivity contribution in [3.8, 4) is 0 Å². The van der Waals surface area contributed by atoms with Gasteiger partial charge in [0.25, 0.3) is 0 Å². The van der Waals surface area contributed by atoms with E-state index >= 15 is 0 Å². The third kappa shape index (κ3) is 1.60. The molecule has 0 atom stereocenters. The normalized spacial score (nSPS) is 19.1. The lowest BCUT2D eigenvalue weighted by Gasteiger charge is -2.26. The zero-order valence-electron chi connectivity index (χ0n) is 11.7. The van der Waals surface area contributed by atoms with Crippen molar-refractivity contribution in [2.24, 2.45) is 5.41 Å². The van der Waals surface area contributed by atoms with E-state index in [-0.39, 0.29) is 5.41 Å². The summed E-state index contributed by atoms with van der Waals surface area (Å²) in [5.41, 5.74) is 2.85. The Balaban J connectivity index is 2.21. The molecule has 2 aliphatic rings. The van der Waals surface area contributed by atoms with E-state index in [0.29, 0.717) is 0 Å². The van der Waals surface area contributed by atoms with Gasteiger partial charge in [-0.2, -0.15) is 0 Å². The van der Waals surface area contributed by atoms with E-state index in [1.165, 1.54) is 31.0 Å². The molecule has 0 saturated carbocycles. The lowest BCUT2D eigenvalue weighted by Crippen LogP contribution is -2.17. The summed E-state index contributed by atoms with van der Waals surface area (Å²) in [6.07, 6.45) is 13.5. The predicted molar refractivity (Wildman–Crippen MR) is 89.1 cm³/mol. The van der Waals surface area contributed by atoms with Crippen LogP contribution in [0.4, 0.5) is 0 Å². The van der Waals surface area contributed by atoms with Crippen LogP contribution in [-0.2, 0) is 0 Å². The van der Waals surface area contributed by atoms with Crippen LogP contribution >= 0.6 is 11.3 Å². The van der Waals surface area contributed by atoms with Crippen molar-refractivity contribution in [1.29, 1.82) is 0 Å². The lowest BCUT2D eigenvalue weighted by molar-refractivity contribution is 0.582. The molecule has 0 N–H and O–H groups in total. The largest absolute Gasteiger partial charge is 0.135 e. The minimum Gasteiger partial charge on any atom is -0.135 e. The monoisotopic (exact) mass is 276 g/mol. The highest BCUT2D eigenvalue weighted by Crippen LogP contribution is 2.39. The number of thiophene rings is 1. The molecular weight excluding hydrogens is 260 g/mol. The van der Waals surface area contributed by atoms with Gasteiger partial charge in [-0.3, -0.25) is 0 Å². The molecule has 0 saturated heterocycles. The zero-order chi connectivity index (χ0) is 13.7. The Labute approximate surface area is 122 Å². The molecule has 1 aromatic carbocycles. The fourth-order valence-corrected chi connectivity index (χ4v) is 4.13. The van der Waals surface area contributed by atoms with Gasteiger partial charge in [-0.1, -0.05) is 56.4 Å². The van der Waals surface area contributed by atoms with E-state index in [2.05, 4.69) is 74.6 Å². The average molecular weight is 276 g/mol. The molecule has 2 bridgehead atoms. The van der Waals surface area contributed by atoms with E-state index in [4.69, 9.17) is 0 Å². The Morgan fingerprint density at radius 2 is 1.60 bits per heavy atom. The third-order valence-corrected chi connectivity index (χ3v) is 5.49. The van der Waals surface area contributed by atoms with Gasteiger partial charge in [-0.15, -0.1) is 11.3 Å². The van der Waals surface area contributed by atoms with Crippen LogP contribution in [-0.4, -0.2) is 0 Å². The van der Waals surface area contributed by atoms with Gasteiger partial charge in [0.15, 0.2) is 0 Å². The molecule has 0 amide bonds. The van der Waals surface area contributed by atoms with Gasteiger partial charge < -0.3 is 0 Å². The Morgan fingerprint density at radius 3 is 2.40 bits per heavy atom. The Morgan fingerprint density at radius 1 is 0.900 bits per heavy atom. The summed E-state index contributed by atoms with van der Waals surface area (Å²) in [5, 5.41) is 2.75. The van der Waals surface area contributed by atoms with Crippen molar-refractivity contribution in [1.82, 2.24) is 0 Å². The van der Waals surface area contributed by atoms with Crippen LogP contribution in [0.3, 0.4) is 0 Å². The predicted octanol–water partition coefficient (Wildman–Crippen LogP) is 3.92. The highest BCUT2D eigenvalue weighted by molar-refractivity contribution is 7.17. The molecule has 1 heteroatoms. The standard InChI is InChI=1S/C19H16S/c1-19(2)13-7-3-4-8-14(19)12-18-16(11-13)15-9-5-6-10-17(15)20-18/h3-12H,1-2H3. The average Bonchev–Trinajstić information content (AvgIpc) is 2.67. The quantitative estimate of drug-likeness (QED) is 0.684. The van der Waals surface area contributed by atoms with Gasteiger partial charge in [0, 0.05) is 25.3 Å². The first-order chi connectivity index (χ1) is 9.66. The molecule has 2 aliphatic carbocycles. The second kappa shape index (κ2) is 4.07. The molecule has 0 unspecified atom stereocenters. The van der Waals surface area contributed by atoms with Crippen LogP contribution in [0.5, 0.6) is 0 Å². The highest BCUT2D eigenvalue weighted by Gasteiger charge is 2.27. The molecular formula is C19H16S. The number of fused-ring (bicyclic) bond motifs is 5. The lowest BCUT2D eigenvalue weighted by atomic mass is 9.77. The molecule has 1 aromatic heterocycles. The zero-order valence-corrected chi connectivity index (χ0v) is 12.5. The van der Waals surface area contributed by atoms with E-state index < -0.39 is 0 Å². The molecule has 0 spiro atoms. The van der Waals surface area contributed by atoms with E-state index in [9.17, 15) is 0 Å². The van der Waals surface area contributed by atoms with Crippen molar-refractivity contribution < 1.29 is 0 Å². The van der Waals surface area contributed by atoms with Crippen LogP contribution < -0.4 is 9.75 Å². The summed E-state index contributed by atoms with van der Waals surface area (Å²) in [5.74, 6) is 0. The molecule has 0 aliphatic heterocycles. The highest BCUT2D eigenvalue weighted by atomic mass is 32.1. The maximum atomic E-state index is 2.38. The molecule has 98 valence electrons. The second-order valence-electron chi connectivity index (χ2n) is 5.92.